The summed E-state index contributed by atoms with van der Waals surface area (Å²) in [6.07, 6.45) is 1.60. The molecule has 0 saturated heterocycles. The van der Waals surface area contributed by atoms with Crippen molar-refractivity contribution >= 4 is 52.0 Å². The maximum absolute atomic E-state index is 13.2. The van der Waals surface area contributed by atoms with Crippen molar-refractivity contribution in [2.45, 2.75) is 0 Å². The van der Waals surface area contributed by atoms with E-state index in [1.807, 2.05) is 18.2 Å². The lowest BCUT2D eigenvalue weighted by Gasteiger charge is -2.17. The van der Waals surface area contributed by atoms with Crippen LogP contribution in [-0.4, -0.2) is 22.6 Å². The number of aliphatic imine (C=N–C) groups is 1. The number of carbonyl (C=O) groups is 2. The Morgan fingerprint density at radius 2 is 1.68 bits per heavy atom. The number of nitrogens with zero attached hydrogens (tertiary/aromatic N) is 2. The lowest BCUT2D eigenvalue weighted by molar-refractivity contribution is -0.113. The number of rotatable bonds is 5. The first-order valence-corrected chi connectivity index (χ1v) is 10.7. The molecule has 0 atom stereocenters. The van der Waals surface area contributed by atoms with Gasteiger partial charge in [-0.25, -0.2) is 9.38 Å². The predicted molar refractivity (Wildman–Crippen MR) is 124 cm³/mol. The third kappa shape index (κ3) is 4.93. The highest BCUT2D eigenvalue weighted by Gasteiger charge is 2.32. The van der Waals surface area contributed by atoms with Gasteiger partial charge in [-0.3, -0.25) is 14.5 Å². The fourth-order valence-electron chi connectivity index (χ4n) is 2.96. The van der Waals surface area contributed by atoms with Crippen molar-refractivity contribution in [2.75, 3.05) is 10.7 Å². The Labute approximate surface area is 188 Å². The van der Waals surface area contributed by atoms with Crippen LogP contribution in [0.1, 0.15) is 15.9 Å². The smallest absolute Gasteiger partial charge is 0.283 e. The minimum Gasteiger partial charge on any atom is -0.293 e. The largest absolute Gasteiger partial charge is 0.293 e. The summed E-state index contributed by atoms with van der Waals surface area (Å²) in [7, 11) is 0. The summed E-state index contributed by atoms with van der Waals surface area (Å²) < 4.78 is 13.2. The third-order valence-corrected chi connectivity index (χ3v) is 5.71. The summed E-state index contributed by atoms with van der Waals surface area (Å²) in [5.74, 6) is -0.648. The van der Waals surface area contributed by atoms with E-state index in [0.29, 0.717) is 27.0 Å². The molecule has 1 aliphatic rings. The first kappa shape index (κ1) is 21.0. The highest BCUT2D eigenvalue weighted by atomic mass is 35.5. The number of Topliss-reactive ketones (excluding diaryl/α,β-unsaturated/α-hetero) is 1. The van der Waals surface area contributed by atoms with Crippen LogP contribution in [0.3, 0.4) is 0 Å². The number of para-hydroxylation sites is 1. The second kappa shape index (κ2) is 9.29. The SMILES string of the molecule is O=C(CSC1=NC(=Cc2ccc(F)cc2)C(=O)N1c1ccccc1)c1ccc(Cl)cc1. The molecular formula is C24H16ClFN2O2S. The van der Waals surface area contributed by atoms with Crippen molar-refractivity contribution in [2.24, 2.45) is 4.99 Å². The van der Waals surface area contributed by atoms with Gasteiger partial charge in [0.25, 0.3) is 5.91 Å². The van der Waals surface area contributed by atoms with E-state index in [2.05, 4.69) is 4.99 Å². The van der Waals surface area contributed by atoms with E-state index in [-0.39, 0.29) is 29.0 Å². The molecule has 0 spiro atoms. The standard InChI is InChI=1S/C24H16ClFN2O2S/c25-18-10-8-17(9-11-18)22(29)15-31-24-27-21(14-16-6-12-19(26)13-7-16)23(30)28(24)20-4-2-1-3-5-20/h1-14H,15H2. The zero-order chi connectivity index (χ0) is 21.8. The molecule has 0 aliphatic carbocycles. The summed E-state index contributed by atoms with van der Waals surface area (Å²) in [6.45, 7) is 0. The third-order valence-electron chi connectivity index (χ3n) is 4.52. The van der Waals surface area contributed by atoms with E-state index in [9.17, 15) is 14.0 Å². The van der Waals surface area contributed by atoms with Gasteiger partial charge >= 0.3 is 0 Å². The molecule has 4 rings (SSSR count). The zero-order valence-corrected chi connectivity index (χ0v) is 17.7. The number of halogens is 2. The van der Waals surface area contributed by atoms with Gasteiger partial charge in [0.15, 0.2) is 11.0 Å². The average molecular weight is 451 g/mol. The fourth-order valence-corrected chi connectivity index (χ4v) is 4.00. The van der Waals surface area contributed by atoms with Crippen LogP contribution in [0.2, 0.25) is 5.02 Å². The Morgan fingerprint density at radius 1 is 1.00 bits per heavy atom. The normalized spacial score (nSPS) is 14.8. The second-order valence-electron chi connectivity index (χ2n) is 6.67. The van der Waals surface area contributed by atoms with Crippen molar-refractivity contribution in [3.05, 3.63) is 107 Å². The topological polar surface area (TPSA) is 49.7 Å². The van der Waals surface area contributed by atoms with Gasteiger partial charge in [0, 0.05) is 10.6 Å². The first-order chi connectivity index (χ1) is 15.0. The van der Waals surface area contributed by atoms with Crippen LogP contribution in [0.5, 0.6) is 0 Å². The van der Waals surface area contributed by atoms with Crippen LogP contribution in [0.4, 0.5) is 10.1 Å². The molecule has 154 valence electrons. The van der Waals surface area contributed by atoms with E-state index in [1.54, 1.807) is 54.6 Å². The van der Waals surface area contributed by atoms with Crippen molar-refractivity contribution < 1.29 is 14.0 Å². The van der Waals surface area contributed by atoms with Crippen molar-refractivity contribution in [1.29, 1.82) is 0 Å². The van der Waals surface area contributed by atoms with E-state index in [0.717, 1.165) is 0 Å². The van der Waals surface area contributed by atoms with Crippen LogP contribution in [0, 0.1) is 5.82 Å². The molecule has 0 N–H and O–H groups in total. The molecule has 1 heterocycles. The fraction of sp³-hybridized carbons (Fsp3) is 0.0417. The molecule has 0 unspecified atom stereocenters. The Morgan fingerprint density at radius 3 is 2.35 bits per heavy atom. The molecule has 1 aliphatic heterocycles. The summed E-state index contributed by atoms with van der Waals surface area (Å²) >= 11 is 7.07. The van der Waals surface area contributed by atoms with Crippen LogP contribution in [0.25, 0.3) is 6.08 Å². The molecule has 0 aromatic heterocycles. The molecular weight excluding hydrogens is 435 g/mol. The first-order valence-electron chi connectivity index (χ1n) is 9.38. The number of ketones is 1. The van der Waals surface area contributed by atoms with Crippen molar-refractivity contribution in [3.8, 4) is 0 Å². The van der Waals surface area contributed by atoms with E-state index < -0.39 is 0 Å². The lowest BCUT2D eigenvalue weighted by atomic mass is 10.1. The quantitative estimate of drug-likeness (QED) is 0.362. The monoisotopic (exact) mass is 450 g/mol. The van der Waals surface area contributed by atoms with Crippen molar-refractivity contribution in [3.63, 3.8) is 0 Å². The van der Waals surface area contributed by atoms with Gasteiger partial charge in [0.2, 0.25) is 0 Å². The highest BCUT2D eigenvalue weighted by Crippen LogP contribution is 2.29. The Hall–Kier alpha value is -3.22. The number of anilines is 1. The van der Waals surface area contributed by atoms with Gasteiger partial charge < -0.3 is 0 Å². The molecule has 3 aromatic rings. The summed E-state index contributed by atoms with van der Waals surface area (Å²) in [5, 5.41) is 0.965. The number of amidine groups is 1. The van der Waals surface area contributed by atoms with Gasteiger partial charge in [-0.1, -0.05) is 53.7 Å². The highest BCUT2D eigenvalue weighted by molar-refractivity contribution is 8.14. The van der Waals surface area contributed by atoms with Crippen molar-refractivity contribution in [1.82, 2.24) is 0 Å². The zero-order valence-electron chi connectivity index (χ0n) is 16.2. The summed E-state index contributed by atoms with van der Waals surface area (Å²) in [6, 6.07) is 21.6. The molecule has 31 heavy (non-hydrogen) atoms. The van der Waals surface area contributed by atoms with Gasteiger partial charge in [0.1, 0.15) is 11.5 Å². The van der Waals surface area contributed by atoms with Gasteiger partial charge in [-0.05, 0) is 60.2 Å². The molecule has 0 fully saturated rings. The number of amides is 1. The minimum absolute atomic E-state index is 0.0965. The molecule has 0 bridgehead atoms. The number of benzene rings is 3. The number of hydrogen-bond donors (Lipinski definition) is 0. The summed E-state index contributed by atoms with van der Waals surface area (Å²) in [4.78, 5) is 31.6. The lowest BCUT2D eigenvalue weighted by Crippen LogP contribution is -2.30. The molecule has 7 heteroatoms. The molecule has 4 nitrogen and oxygen atoms in total. The Balaban J connectivity index is 1.61. The van der Waals surface area contributed by atoms with E-state index in [1.165, 1.54) is 28.8 Å². The number of hydrogen-bond acceptors (Lipinski definition) is 4. The maximum Gasteiger partial charge on any atom is 0.283 e. The maximum atomic E-state index is 13.2. The molecule has 1 amide bonds. The molecule has 3 aromatic carbocycles. The molecule has 0 saturated carbocycles. The van der Waals surface area contributed by atoms with Crippen LogP contribution >= 0.6 is 23.4 Å². The van der Waals surface area contributed by atoms with Crippen LogP contribution < -0.4 is 4.90 Å². The predicted octanol–water partition coefficient (Wildman–Crippen LogP) is 5.84. The van der Waals surface area contributed by atoms with Gasteiger partial charge in [-0.15, -0.1) is 0 Å². The van der Waals surface area contributed by atoms with Crippen LogP contribution in [0.15, 0.2) is 89.6 Å². The molecule has 0 radical (unpaired) electrons. The Kier molecular flexibility index (Phi) is 6.30. The summed E-state index contributed by atoms with van der Waals surface area (Å²) in [5.41, 5.74) is 2.07. The second-order valence-corrected chi connectivity index (χ2v) is 8.05. The number of thioether (sulfide) groups is 1. The average Bonchev–Trinajstić information content (AvgIpc) is 3.09. The minimum atomic E-state index is -0.355. The number of carbonyl (C=O) groups excluding carboxylic acids is 2. The van der Waals surface area contributed by atoms with Gasteiger partial charge in [0.05, 0.1) is 11.4 Å². The van der Waals surface area contributed by atoms with E-state index >= 15 is 0 Å². The van der Waals surface area contributed by atoms with Crippen LogP contribution in [-0.2, 0) is 4.79 Å². The Bertz CT molecular complexity index is 1180. The van der Waals surface area contributed by atoms with Gasteiger partial charge in [-0.2, -0.15) is 0 Å². The van der Waals surface area contributed by atoms with E-state index in [4.69, 9.17) is 11.6 Å².